The fourth-order valence-electron chi connectivity index (χ4n) is 4.72. The Kier molecular flexibility index (Phi) is 10.2. The first-order valence-corrected chi connectivity index (χ1v) is 16.3. The van der Waals surface area contributed by atoms with Gasteiger partial charge in [-0.15, -0.1) is 18.3 Å². The summed E-state index contributed by atoms with van der Waals surface area (Å²) in [6.07, 6.45) is -1.43. The Bertz CT molecular complexity index is 1840. The van der Waals surface area contributed by atoms with Gasteiger partial charge in [0.2, 0.25) is 5.91 Å². The molecule has 47 heavy (non-hydrogen) atoms. The fraction of sp³-hybridized carbons (Fsp3) is 0.242. The SMILES string of the molecule is Cc1ccc(C(C)C)c(N2C(=O)CSC2=NC(=O)NC(C)C(Br)=Cc2ccc(-c3ncn(-c4ccc(OC(F)(F)F)cc4)n3)cc2)c1. The molecule has 1 aliphatic heterocycles. The van der Waals surface area contributed by atoms with Crippen molar-refractivity contribution in [2.24, 2.45) is 4.99 Å². The molecule has 1 fully saturated rings. The first kappa shape index (κ1) is 33.9. The van der Waals surface area contributed by atoms with E-state index >= 15 is 0 Å². The second-order valence-electron chi connectivity index (χ2n) is 11.0. The zero-order valence-corrected chi connectivity index (χ0v) is 28.2. The summed E-state index contributed by atoms with van der Waals surface area (Å²) in [5.41, 5.74) is 4.85. The van der Waals surface area contributed by atoms with Crippen LogP contribution in [0, 0.1) is 6.92 Å². The van der Waals surface area contributed by atoms with Crippen molar-refractivity contribution in [1.29, 1.82) is 0 Å². The molecule has 1 aromatic heterocycles. The molecule has 0 saturated carbocycles. The second-order valence-corrected chi connectivity index (χ2v) is 12.9. The number of aromatic nitrogens is 3. The Balaban J connectivity index is 1.23. The van der Waals surface area contributed by atoms with Crippen LogP contribution in [-0.4, -0.2) is 50.0 Å². The van der Waals surface area contributed by atoms with Crippen LogP contribution in [0.2, 0.25) is 0 Å². The predicted molar refractivity (Wildman–Crippen MR) is 181 cm³/mol. The molecule has 1 aliphatic rings. The molecule has 4 aromatic rings. The van der Waals surface area contributed by atoms with Gasteiger partial charge in [0.05, 0.1) is 23.2 Å². The van der Waals surface area contributed by atoms with Crippen molar-refractivity contribution in [3.8, 4) is 22.8 Å². The lowest BCUT2D eigenvalue weighted by atomic mass is 9.99. The van der Waals surface area contributed by atoms with Crippen LogP contribution in [0.3, 0.4) is 0 Å². The quantitative estimate of drug-likeness (QED) is 0.196. The van der Waals surface area contributed by atoms with Gasteiger partial charge in [-0.25, -0.2) is 14.5 Å². The molecule has 0 bridgehead atoms. The average molecular weight is 728 g/mol. The Morgan fingerprint density at radius 1 is 1.09 bits per heavy atom. The van der Waals surface area contributed by atoms with Crippen LogP contribution in [0.25, 0.3) is 23.2 Å². The molecule has 1 N–H and O–H groups in total. The number of nitrogens with one attached hydrogen (secondary N) is 1. The average Bonchev–Trinajstić information content (AvgIpc) is 3.64. The van der Waals surface area contributed by atoms with Gasteiger partial charge in [-0.1, -0.05) is 77.9 Å². The molecule has 0 radical (unpaired) electrons. The van der Waals surface area contributed by atoms with E-state index in [9.17, 15) is 22.8 Å². The zero-order valence-electron chi connectivity index (χ0n) is 25.7. The van der Waals surface area contributed by atoms with E-state index in [1.807, 2.05) is 62.4 Å². The summed E-state index contributed by atoms with van der Waals surface area (Å²) in [4.78, 5) is 35.9. The first-order chi connectivity index (χ1) is 22.3. The minimum Gasteiger partial charge on any atom is -0.406 e. The molecule has 1 unspecified atom stereocenters. The molecule has 0 aliphatic carbocycles. The maximum absolute atomic E-state index is 12.9. The highest BCUT2D eigenvalue weighted by molar-refractivity contribution is 9.11. The Labute approximate surface area is 282 Å². The number of ether oxygens (including phenoxy) is 1. The number of nitrogens with zero attached hydrogens (tertiary/aromatic N) is 5. The number of halogens is 4. The molecule has 9 nitrogen and oxygen atoms in total. The summed E-state index contributed by atoms with van der Waals surface area (Å²) < 4.78 is 43.4. The third-order valence-corrected chi connectivity index (χ3v) is 8.90. The standard InChI is InChI=1S/C33H30BrF3N6O3S/c1-19(2)26-14-5-20(3)15-28(26)43-29(44)17-47-32(43)40-31(45)39-21(4)27(34)16-22-6-8-23(9-7-22)30-38-18-42(41-30)24-10-12-25(13-11-24)46-33(35,36)37/h5-16,18-19,21H,17H2,1-4H3,(H,39,45). The number of amidine groups is 1. The lowest BCUT2D eigenvalue weighted by molar-refractivity contribution is -0.274. The van der Waals surface area contributed by atoms with Crippen LogP contribution >= 0.6 is 27.7 Å². The molecule has 244 valence electrons. The van der Waals surface area contributed by atoms with Gasteiger partial charge in [-0.05, 0) is 72.9 Å². The van der Waals surface area contributed by atoms with Gasteiger partial charge in [0.25, 0.3) is 0 Å². The topological polar surface area (TPSA) is 102 Å². The highest BCUT2D eigenvalue weighted by atomic mass is 79.9. The van der Waals surface area contributed by atoms with E-state index in [0.717, 1.165) is 27.9 Å². The molecule has 3 amide bonds. The van der Waals surface area contributed by atoms with E-state index in [4.69, 9.17) is 0 Å². The van der Waals surface area contributed by atoms with Gasteiger partial charge in [-0.3, -0.25) is 9.69 Å². The molecule has 1 saturated heterocycles. The van der Waals surface area contributed by atoms with Crippen LogP contribution in [0.5, 0.6) is 5.75 Å². The van der Waals surface area contributed by atoms with E-state index in [2.05, 4.69) is 54.9 Å². The maximum atomic E-state index is 12.9. The number of carbonyl (C=O) groups excluding carboxylic acids is 2. The number of aliphatic imine (C=N–C) groups is 1. The molecule has 1 atom stereocenters. The maximum Gasteiger partial charge on any atom is 0.573 e. The van der Waals surface area contributed by atoms with Crippen LogP contribution in [-0.2, 0) is 4.79 Å². The van der Waals surface area contributed by atoms with E-state index in [0.29, 0.717) is 21.2 Å². The number of benzene rings is 3. The number of hydrogen-bond donors (Lipinski definition) is 1. The van der Waals surface area contributed by atoms with Gasteiger partial charge >= 0.3 is 12.4 Å². The number of amides is 3. The molecular formula is C33H30BrF3N6O3S. The fourth-order valence-corrected chi connectivity index (χ4v) is 5.96. The molecule has 14 heteroatoms. The first-order valence-electron chi connectivity index (χ1n) is 14.5. The Hall–Kier alpha value is -4.43. The number of anilines is 1. The Morgan fingerprint density at radius 2 is 1.79 bits per heavy atom. The van der Waals surface area contributed by atoms with E-state index in [1.54, 1.807) is 0 Å². The van der Waals surface area contributed by atoms with E-state index in [1.165, 1.54) is 51.9 Å². The summed E-state index contributed by atoms with van der Waals surface area (Å²) in [7, 11) is 0. The summed E-state index contributed by atoms with van der Waals surface area (Å²) in [6, 6.07) is 17.7. The molecule has 3 aromatic carbocycles. The lowest BCUT2D eigenvalue weighted by Crippen LogP contribution is -2.34. The van der Waals surface area contributed by atoms with Gasteiger partial charge in [0, 0.05) is 10.0 Å². The number of carbonyl (C=O) groups is 2. The molecule has 2 heterocycles. The normalized spacial score (nSPS) is 15.4. The number of urea groups is 1. The Morgan fingerprint density at radius 3 is 2.45 bits per heavy atom. The van der Waals surface area contributed by atoms with Gasteiger partial charge in [0.1, 0.15) is 12.1 Å². The number of hydrogen-bond acceptors (Lipinski definition) is 6. The van der Waals surface area contributed by atoms with E-state index in [-0.39, 0.29) is 23.3 Å². The molecular weight excluding hydrogens is 697 g/mol. The monoisotopic (exact) mass is 726 g/mol. The van der Waals surface area contributed by atoms with Crippen molar-refractivity contribution < 1.29 is 27.5 Å². The smallest absolute Gasteiger partial charge is 0.406 e. The summed E-state index contributed by atoms with van der Waals surface area (Å²) in [5, 5.41) is 7.62. The number of rotatable bonds is 8. The van der Waals surface area contributed by atoms with Crippen LogP contribution in [0.15, 0.2) is 82.5 Å². The van der Waals surface area contributed by atoms with Crippen molar-refractivity contribution in [2.75, 3.05) is 10.7 Å². The largest absolute Gasteiger partial charge is 0.573 e. The summed E-state index contributed by atoms with van der Waals surface area (Å²) in [6.45, 7) is 7.89. The lowest BCUT2D eigenvalue weighted by Gasteiger charge is -2.22. The van der Waals surface area contributed by atoms with Crippen LogP contribution < -0.4 is 15.0 Å². The highest BCUT2D eigenvalue weighted by Crippen LogP contribution is 2.34. The van der Waals surface area contributed by atoms with Crippen LogP contribution in [0.4, 0.5) is 23.7 Å². The second kappa shape index (κ2) is 14.1. The van der Waals surface area contributed by atoms with Crippen molar-refractivity contribution in [3.63, 3.8) is 0 Å². The van der Waals surface area contributed by atoms with Crippen molar-refractivity contribution in [3.05, 3.63) is 94.2 Å². The number of thioether (sulfide) groups is 1. The van der Waals surface area contributed by atoms with Crippen molar-refractivity contribution >= 4 is 56.6 Å². The van der Waals surface area contributed by atoms with Crippen molar-refractivity contribution in [1.82, 2.24) is 20.1 Å². The van der Waals surface area contributed by atoms with Gasteiger partial charge in [-0.2, -0.15) is 4.99 Å². The number of aryl methyl sites for hydroxylation is 1. The van der Waals surface area contributed by atoms with Crippen LogP contribution in [0.1, 0.15) is 43.4 Å². The highest BCUT2D eigenvalue weighted by Gasteiger charge is 2.33. The minimum absolute atomic E-state index is 0.123. The van der Waals surface area contributed by atoms with Gasteiger partial charge < -0.3 is 10.1 Å². The van der Waals surface area contributed by atoms with Crippen molar-refractivity contribution in [2.45, 2.75) is 46.0 Å². The summed E-state index contributed by atoms with van der Waals surface area (Å²) in [5.74, 6) is 0.364. The summed E-state index contributed by atoms with van der Waals surface area (Å²) >= 11 is 4.79. The third kappa shape index (κ3) is 8.49. The molecule has 5 rings (SSSR count). The number of alkyl halides is 3. The zero-order chi connectivity index (χ0) is 33.9. The predicted octanol–water partition coefficient (Wildman–Crippen LogP) is 8.23. The van der Waals surface area contributed by atoms with E-state index < -0.39 is 18.4 Å². The third-order valence-electron chi connectivity index (χ3n) is 7.07. The molecule has 0 spiro atoms. The minimum atomic E-state index is -4.76. The van der Waals surface area contributed by atoms with Gasteiger partial charge in [0.15, 0.2) is 11.0 Å².